The van der Waals surface area contributed by atoms with E-state index < -0.39 is 11.8 Å². The van der Waals surface area contributed by atoms with Gasteiger partial charge in [0.05, 0.1) is 0 Å². The summed E-state index contributed by atoms with van der Waals surface area (Å²) in [6.07, 6.45) is 18.7. The summed E-state index contributed by atoms with van der Waals surface area (Å²) >= 11 is 0. The fraction of sp³-hybridized carbons (Fsp3) is 0.681. The Morgan fingerprint density at radius 3 is 0.735 bits per heavy atom. The van der Waals surface area contributed by atoms with E-state index in [-0.39, 0.29) is 38.1 Å². The molecule has 1 unspecified atom stereocenters. The van der Waals surface area contributed by atoms with E-state index in [1.54, 1.807) is 12.1 Å². The molecule has 0 saturated heterocycles. The van der Waals surface area contributed by atoms with Crippen molar-refractivity contribution >= 4 is 0 Å². The van der Waals surface area contributed by atoms with Crippen LogP contribution in [-0.2, 0) is 38.2 Å². The van der Waals surface area contributed by atoms with Gasteiger partial charge in [-0.25, -0.2) is 4.39 Å². The van der Waals surface area contributed by atoms with Gasteiger partial charge in [0.1, 0.15) is 0 Å². The first-order valence-corrected chi connectivity index (χ1v) is 38.8. The minimum Gasteiger partial charge on any atom is -0.229 e. The van der Waals surface area contributed by atoms with E-state index in [9.17, 15) is 17.6 Å². The van der Waals surface area contributed by atoms with Crippen molar-refractivity contribution in [3.05, 3.63) is 177 Å². The van der Waals surface area contributed by atoms with Gasteiger partial charge >= 0.3 is 6.18 Å². The normalized spacial score (nSPS) is 17.4. The zero-order chi connectivity index (χ0) is 76.1. The molecule has 0 heterocycles. The molecule has 8 rings (SSSR count). The third-order valence-corrected chi connectivity index (χ3v) is 20.3. The second-order valence-electron chi connectivity index (χ2n) is 38.0. The van der Waals surface area contributed by atoms with E-state index in [0.717, 1.165) is 29.2 Å². The van der Waals surface area contributed by atoms with Gasteiger partial charge in [0.25, 0.3) is 0 Å². The van der Waals surface area contributed by atoms with Crippen LogP contribution in [0.2, 0.25) is 0 Å². The second kappa shape index (κ2) is 41.8. The van der Waals surface area contributed by atoms with E-state index in [2.05, 4.69) is 284 Å². The largest absolute Gasteiger partial charge is 0.426 e. The third-order valence-electron chi connectivity index (χ3n) is 20.3. The maximum Gasteiger partial charge on any atom is 0.426 e. The molecule has 0 bridgehead atoms. The lowest BCUT2D eigenvalue weighted by Crippen LogP contribution is -2.35. The molecule has 3 saturated carbocycles. The van der Waals surface area contributed by atoms with Gasteiger partial charge in [-0.2, -0.15) is 13.2 Å². The van der Waals surface area contributed by atoms with Gasteiger partial charge in [-0.05, 0) is 164 Å². The number of halogens is 4. The first-order valence-electron chi connectivity index (χ1n) is 38.8. The number of hydrogen-bond acceptors (Lipinski definition) is 0. The summed E-state index contributed by atoms with van der Waals surface area (Å²) in [5, 5.41) is 0. The Kier molecular flexibility index (Phi) is 40.0. The Hall–Kier alpha value is -4.18. The number of alkyl halides is 4. The summed E-state index contributed by atoms with van der Waals surface area (Å²) in [5.74, 6) is 4.72. The Morgan fingerprint density at radius 2 is 0.531 bits per heavy atom. The molecule has 1 atom stereocenters. The lowest BCUT2D eigenvalue weighted by molar-refractivity contribution is -0.228. The van der Waals surface area contributed by atoms with Crippen molar-refractivity contribution in [1.29, 1.82) is 0 Å². The lowest BCUT2D eigenvalue weighted by Gasteiger charge is -2.33. The number of hydrogen-bond donors (Lipinski definition) is 0. The maximum absolute atomic E-state index is 13.6. The molecule has 0 amide bonds. The van der Waals surface area contributed by atoms with Gasteiger partial charge in [0, 0.05) is 0 Å². The van der Waals surface area contributed by atoms with Gasteiger partial charge in [0.2, 0.25) is 5.67 Å². The molecule has 4 heteroatoms. The Labute approximate surface area is 607 Å². The van der Waals surface area contributed by atoms with E-state index >= 15 is 0 Å². The molecule has 0 aromatic heterocycles. The van der Waals surface area contributed by atoms with E-state index in [1.807, 2.05) is 34.6 Å². The first kappa shape index (κ1) is 93.8. The van der Waals surface area contributed by atoms with Crippen LogP contribution in [0.1, 0.15) is 379 Å². The summed E-state index contributed by atoms with van der Waals surface area (Å²) in [6, 6.07) is 40.9. The molecule has 0 spiro atoms. The summed E-state index contributed by atoms with van der Waals surface area (Å²) in [6.45, 7) is 71.7. The number of rotatable bonds is 3. The Morgan fingerprint density at radius 1 is 0.316 bits per heavy atom. The minimum atomic E-state index is -4.89. The van der Waals surface area contributed by atoms with Gasteiger partial charge in [0.15, 0.2) is 0 Å². The van der Waals surface area contributed by atoms with Crippen molar-refractivity contribution in [2.45, 2.75) is 381 Å². The van der Waals surface area contributed by atoms with Crippen LogP contribution in [0.3, 0.4) is 0 Å². The van der Waals surface area contributed by atoms with Crippen LogP contribution in [0.15, 0.2) is 121 Å². The minimum absolute atomic E-state index is 0.163. The molecule has 5 aromatic rings. The molecule has 98 heavy (non-hydrogen) atoms. The van der Waals surface area contributed by atoms with Gasteiger partial charge in [-0.3, -0.25) is 0 Å². The van der Waals surface area contributed by atoms with E-state index in [4.69, 9.17) is 0 Å². The molecule has 3 aliphatic rings. The predicted molar refractivity (Wildman–Crippen MR) is 432 cm³/mol. The molecular formula is C94H156F4. The Bertz CT molecular complexity index is 2710. The molecule has 560 valence electrons. The highest BCUT2D eigenvalue weighted by molar-refractivity contribution is 5.33. The fourth-order valence-electron chi connectivity index (χ4n) is 12.2. The van der Waals surface area contributed by atoms with Crippen molar-refractivity contribution in [1.82, 2.24) is 0 Å². The summed E-state index contributed by atoms with van der Waals surface area (Å²) in [4.78, 5) is 0. The topological polar surface area (TPSA) is 0 Å². The quantitative estimate of drug-likeness (QED) is 0.125. The first-order chi connectivity index (χ1) is 44.6. The van der Waals surface area contributed by atoms with Crippen molar-refractivity contribution in [2.24, 2.45) is 34.5 Å². The zero-order valence-corrected chi connectivity index (χ0v) is 70.3. The molecule has 3 aliphatic carbocycles. The van der Waals surface area contributed by atoms with Crippen LogP contribution in [0, 0.1) is 48.3 Å². The van der Waals surface area contributed by atoms with Crippen LogP contribution >= 0.6 is 0 Å². The molecule has 0 N–H and O–H groups in total. The predicted octanol–water partition coefficient (Wildman–Crippen LogP) is 31.6. The third kappa shape index (κ3) is 37.7. The maximum atomic E-state index is 13.6. The standard InChI is InChI=1S/C14H22.C13H16F4.C13H20.2C11H16.C11H22.C10H20.C9H18.C2H6/c1-13(2,3)11-7-9-12(10-8-11)14(4,5)6;1-11(2,3)9-5-7-10(8-6-9)12(4,14)13(15,16)17;1-10(2)11-6-8-12(9-7-11)13(3,4)5;2*1-9-5-7-10(8-6-9)11(2,3)4;1-11(2,3)10-8-6-4-5-7-9-10;1-10(2,3)9-7-5-4-6-8-9;1-3-9-6-4-8(2)5-7-9;1-2/h7-10H,1-6H3;5-8H,1-4H3;6-10H,1-5H3;2*5-8H,1-4H3;10H,4-9H2,1-3H3;9H,4-8H2,1-3H3;8-9H,3-7H2,1-2H3;1-2H3. The molecule has 0 aliphatic heterocycles. The van der Waals surface area contributed by atoms with Crippen molar-refractivity contribution in [3.63, 3.8) is 0 Å². The fourth-order valence-corrected chi connectivity index (χ4v) is 12.2. The van der Waals surface area contributed by atoms with Crippen molar-refractivity contribution in [2.75, 3.05) is 0 Å². The SMILES string of the molecule is CC.CC(C)(C)C1CCCCC1.CC(C)(C)C1CCCCCC1.CC(C)(C)c1ccc(C(C)(C)C)cc1.CC(C)(C)c1ccc(C(C)(F)C(F)(F)F)cc1.CC(C)c1ccc(C(C)(C)C)cc1.CCC1CCC(C)CC1.Cc1ccc(C(C)(C)C)cc1.Cc1ccc(C(C)(C)C)cc1. The lowest BCUT2D eigenvalue weighted by atomic mass is 9.72. The van der Waals surface area contributed by atoms with Crippen LogP contribution in [0.4, 0.5) is 17.6 Å². The average Bonchev–Trinajstić information content (AvgIpc) is 0.835. The summed E-state index contributed by atoms with van der Waals surface area (Å²) in [7, 11) is 0. The van der Waals surface area contributed by atoms with E-state index in [1.165, 1.54) is 159 Å². The Balaban J connectivity index is 0.00000110. The molecule has 3 fully saturated rings. The zero-order valence-electron chi connectivity index (χ0n) is 70.3. The highest BCUT2D eigenvalue weighted by Gasteiger charge is 2.53. The van der Waals surface area contributed by atoms with Gasteiger partial charge < -0.3 is 0 Å². The summed E-state index contributed by atoms with van der Waals surface area (Å²) in [5.41, 5.74) is 10.7. The van der Waals surface area contributed by atoms with Crippen LogP contribution in [0.5, 0.6) is 0 Å². The molecule has 0 nitrogen and oxygen atoms in total. The molecule has 5 aromatic carbocycles. The average molecular weight is 1360 g/mol. The number of aryl methyl sites for hydroxylation is 2. The van der Waals surface area contributed by atoms with Crippen LogP contribution < -0.4 is 0 Å². The van der Waals surface area contributed by atoms with Crippen molar-refractivity contribution in [3.8, 4) is 0 Å². The number of benzene rings is 5. The van der Waals surface area contributed by atoms with Gasteiger partial charge in [-0.1, -0.05) is 417 Å². The van der Waals surface area contributed by atoms with Crippen LogP contribution in [0.25, 0.3) is 0 Å². The smallest absolute Gasteiger partial charge is 0.229 e. The van der Waals surface area contributed by atoms with E-state index in [0.29, 0.717) is 23.7 Å². The second-order valence-corrected chi connectivity index (χ2v) is 38.0. The van der Waals surface area contributed by atoms with Gasteiger partial charge in [-0.15, -0.1) is 0 Å². The molecular weight excluding hydrogens is 1210 g/mol. The summed E-state index contributed by atoms with van der Waals surface area (Å²) < 4.78 is 51.1. The monoisotopic (exact) mass is 1360 g/mol. The highest BCUT2D eigenvalue weighted by Crippen LogP contribution is 2.43. The van der Waals surface area contributed by atoms with Crippen molar-refractivity contribution < 1.29 is 17.6 Å². The van der Waals surface area contributed by atoms with Crippen LogP contribution in [-0.4, -0.2) is 6.18 Å². The molecule has 0 radical (unpaired) electrons. The highest BCUT2D eigenvalue weighted by atomic mass is 19.4.